The molecule has 4 nitrogen and oxygen atoms in total. The Morgan fingerprint density at radius 2 is 2.32 bits per heavy atom. The number of benzene rings is 1. The maximum Gasteiger partial charge on any atom is 0.309 e. The highest BCUT2D eigenvalue weighted by atomic mass is 79.9. The Labute approximate surface area is 121 Å². The van der Waals surface area contributed by atoms with Crippen molar-refractivity contribution in [2.24, 2.45) is 0 Å². The zero-order valence-electron chi connectivity index (χ0n) is 9.91. The molecule has 0 aliphatic rings. The van der Waals surface area contributed by atoms with Gasteiger partial charge in [-0.1, -0.05) is 0 Å². The fourth-order valence-electron chi connectivity index (χ4n) is 1.50. The maximum absolute atomic E-state index is 13.3. The first-order valence-corrected chi connectivity index (χ1v) is 7.02. The number of aromatic nitrogens is 1. The van der Waals surface area contributed by atoms with Crippen molar-refractivity contribution >= 4 is 44.1 Å². The molecule has 0 saturated carbocycles. The number of carboxylic acid groups (broad SMARTS) is 1. The van der Waals surface area contributed by atoms with Crippen LogP contribution in [-0.4, -0.2) is 16.1 Å². The van der Waals surface area contributed by atoms with Gasteiger partial charge in [-0.2, -0.15) is 0 Å². The van der Waals surface area contributed by atoms with Crippen LogP contribution < -0.4 is 5.32 Å². The van der Waals surface area contributed by atoms with Gasteiger partial charge in [-0.3, -0.25) is 4.79 Å². The molecule has 100 valence electrons. The van der Waals surface area contributed by atoms with Crippen LogP contribution in [0.2, 0.25) is 0 Å². The number of nitrogens with zero attached hydrogens (tertiary/aromatic N) is 1. The van der Waals surface area contributed by atoms with E-state index in [4.69, 9.17) is 5.11 Å². The number of hydrogen-bond acceptors (Lipinski definition) is 4. The molecule has 1 heterocycles. The van der Waals surface area contributed by atoms with E-state index in [1.54, 1.807) is 18.4 Å². The summed E-state index contributed by atoms with van der Waals surface area (Å²) in [6.45, 7) is 1.78. The number of anilines is 2. The third-order valence-electron chi connectivity index (χ3n) is 2.39. The molecule has 0 aliphatic carbocycles. The molecule has 0 bridgehead atoms. The molecule has 0 spiro atoms. The number of rotatable bonds is 4. The number of thiazole rings is 1. The second kappa shape index (κ2) is 5.66. The third-order valence-corrected chi connectivity index (χ3v) is 3.81. The van der Waals surface area contributed by atoms with Crippen LogP contribution in [-0.2, 0) is 11.2 Å². The van der Waals surface area contributed by atoms with Crippen molar-refractivity contribution in [3.05, 3.63) is 39.1 Å². The van der Waals surface area contributed by atoms with E-state index in [2.05, 4.69) is 26.2 Å². The van der Waals surface area contributed by atoms with Gasteiger partial charge in [-0.15, -0.1) is 11.3 Å². The van der Waals surface area contributed by atoms with Gasteiger partial charge < -0.3 is 10.4 Å². The first-order valence-electron chi connectivity index (χ1n) is 5.34. The molecule has 2 N–H and O–H groups in total. The minimum absolute atomic E-state index is 0.107. The lowest BCUT2D eigenvalue weighted by atomic mass is 10.2. The van der Waals surface area contributed by atoms with Gasteiger partial charge in [-0.05, 0) is 40.5 Å². The summed E-state index contributed by atoms with van der Waals surface area (Å²) in [7, 11) is 0. The first-order chi connectivity index (χ1) is 8.95. The summed E-state index contributed by atoms with van der Waals surface area (Å²) >= 11 is 4.43. The molecule has 0 unspecified atom stereocenters. The van der Waals surface area contributed by atoms with E-state index < -0.39 is 5.97 Å². The van der Waals surface area contributed by atoms with E-state index in [1.807, 2.05) is 0 Å². The van der Waals surface area contributed by atoms with Crippen molar-refractivity contribution in [1.29, 1.82) is 0 Å². The van der Waals surface area contributed by atoms with E-state index in [1.165, 1.54) is 17.4 Å². The fraction of sp³-hybridized carbons (Fsp3) is 0.167. The minimum atomic E-state index is -0.919. The van der Waals surface area contributed by atoms with Gasteiger partial charge in [0, 0.05) is 11.1 Å². The highest BCUT2D eigenvalue weighted by molar-refractivity contribution is 9.10. The van der Waals surface area contributed by atoms with Crippen LogP contribution >= 0.6 is 27.3 Å². The summed E-state index contributed by atoms with van der Waals surface area (Å²) in [5, 5.41) is 14.0. The molecule has 2 rings (SSSR count). The molecule has 0 fully saturated rings. The van der Waals surface area contributed by atoms with E-state index in [9.17, 15) is 9.18 Å². The Hall–Kier alpha value is -1.47. The quantitative estimate of drug-likeness (QED) is 0.887. The Morgan fingerprint density at radius 3 is 3.00 bits per heavy atom. The molecule has 0 aliphatic heterocycles. The van der Waals surface area contributed by atoms with Crippen LogP contribution in [0.5, 0.6) is 0 Å². The highest BCUT2D eigenvalue weighted by Gasteiger charge is 2.09. The predicted molar refractivity (Wildman–Crippen MR) is 75.6 cm³/mol. The van der Waals surface area contributed by atoms with E-state index in [0.29, 0.717) is 15.3 Å². The van der Waals surface area contributed by atoms with Crippen molar-refractivity contribution in [2.45, 2.75) is 13.3 Å². The number of nitrogens with one attached hydrogen (secondary N) is 1. The molecule has 0 amide bonds. The molecule has 0 atom stereocenters. The lowest BCUT2D eigenvalue weighted by Gasteiger charge is -2.07. The second-order valence-electron chi connectivity index (χ2n) is 3.92. The Bertz CT molecular complexity index is 630. The monoisotopic (exact) mass is 344 g/mol. The van der Waals surface area contributed by atoms with Gasteiger partial charge in [-0.25, -0.2) is 9.37 Å². The molecule has 1 aromatic heterocycles. The molecule has 7 heteroatoms. The van der Waals surface area contributed by atoms with Crippen LogP contribution in [0.3, 0.4) is 0 Å². The number of halogens is 2. The van der Waals surface area contributed by atoms with Crippen molar-refractivity contribution in [1.82, 2.24) is 4.98 Å². The normalized spacial score (nSPS) is 10.5. The summed E-state index contributed by atoms with van der Waals surface area (Å²) in [6.07, 6.45) is -0.107. The third kappa shape index (κ3) is 3.51. The zero-order chi connectivity index (χ0) is 14.0. The molecule has 19 heavy (non-hydrogen) atoms. The standard InChI is InChI=1S/C12H10BrFN2O2S/c1-6-2-9(14)8(13)4-10(6)16-12-15-7(5-19-12)3-11(17)18/h2,4-5H,3H2,1H3,(H,15,16)(H,17,18). The number of aryl methyl sites for hydroxylation is 1. The van der Waals surface area contributed by atoms with E-state index in [0.717, 1.165) is 11.3 Å². The van der Waals surface area contributed by atoms with E-state index >= 15 is 0 Å². The smallest absolute Gasteiger partial charge is 0.309 e. The minimum Gasteiger partial charge on any atom is -0.481 e. The number of hydrogen-bond donors (Lipinski definition) is 2. The predicted octanol–water partition coefficient (Wildman–Crippen LogP) is 3.72. The summed E-state index contributed by atoms with van der Waals surface area (Å²) < 4.78 is 13.7. The van der Waals surface area contributed by atoms with Crippen LogP contribution in [0.15, 0.2) is 22.0 Å². The average Bonchev–Trinajstić information content (AvgIpc) is 2.72. The summed E-state index contributed by atoms with van der Waals surface area (Å²) in [5.74, 6) is -1.24. The van der Waals surface area contributed by atoms with Gasteiger partial charge in [0.05, 0.1) is 16.6 Å². The lowest BCUT2D eigenvalue weighted by molar-refractivity contribution is -0.136. The summed E-state index contributed by atoms with van der Waals surface area (Å²) in [6, 6.07) is 3.04. The number of carboxylic acids is 1. The fourth-order valence-corrected chi connectivity index (χ4v) is 2.56. The van der Waals surface area contributed by atoms with Crippen LogP contribution in [0.25, 0.3) is 0 Å². The van der Waals surface area contributed by atoms with Gasteiger partial charge in [0.2, 0.25) is 0 Å². The molecular formula is C12H10BrFN2O2S. The molecule has 1 aromatic carbocycles. The molecular weight excluding hydrogens is 335 g/mol. The van der Waals surface area contributed by atoms with Crippen LogP contribution in [0.1, 0.15) is 11.3 Å². The topological polar surface area (TPSA) is 62.2 Å². The first kappa shape index (κ1) is 14.0. The maximum atomic E-state index is 13.3. The van der Waals surface area contributed by atoms with Gasteiger partial charge in [0.1, 0.15) is 5.82 Å². The largest absolute Gasteiger partial charge is 0.481 e. The molecule has 0 radical (unpaired) electrons. The van der Waals surface area contributed by atoms with Gasteiger partial charge >= 0.3 is 5.97 Å². The summed E-state index contributed by atoms with van der Waals surface area (Å²) in [5.41, 5.74) is 1.97. The molecule has 2 aromatic rings. The zero-order valence-corrected chi connectivity index (χ0v) is 12.3. The lowest BCUT2D eigenvalue weighted by Crippen LogP contribution is -2.00. The van der Waals surface area contributed by atoms with Gasteiger partial charge in [0.15, 0.2) is 5.13 Å². The van der Waals surface area contributed by atoms with Crippen LogP contribution in [0.4, 0.5) is 15.2 Å². The highest BCUT2D eigenvalue weighted by Crippen LogP contribution is 2.28. The second-order valence-corrected chi connectivity index (χ2v) is 5.63. The van der Waals surface area contributed by atoms with Crippen molar-refractivity contribution in [3.8, 4) is 0 Å². The number of aliphatic carboxylic acids is 1. The Balaban J connectivity index is 2.19. The van der Waals surface area contributed by atoms with Crippen molar-refractivity contribution in [2.75, 3.05) is 5.32 Å². The SMILES string of the molecule is Cc1cc(F)c(Br)cc1Nc1nc(CC(=O)O)cs1. The Morgan fingerprint density at radius 1 is 1.58 bits per heavy atom. The molecule has 0 saturated heterocycles. The Kier molecular flexibility index (Phi) is 4.16. The van der Waals surface area contributed by atoms with Gasteiger partial charge in [0.25, 0.3) is 0 Å². The number of carbonyl (C=O) groups is 1. The van der Waals surface area contributed by atoms with E-state index in [-0.39, 0.29) is 12.2 Å². The van der Waals surface area contributed by atoms with Crippen molar-refractivity contribution in [3.63, 3.8) is 0 Å². The summed E-state index contributed by atoms with van der Waals surface area (Å²) in [4.78, 5) is 14.7. The van der Waals surface area contributed by atoms with Crippen LogP contribution in [0, 0.1) is 12.7 Å². The van der Waals surface area contributed by atoms with Crippen molar-refractivity contribution < 1.29 is 14.3 Å². The average molecular weight is 345 g/mol.